The molecule has 0 aromatic rings. The van der Waals surface area contributed by atoms with Gasteiger partial charge < -0.3 is 9.53 Å². The van der Waals surface area contributed by atoms with Gasteiger partial charge in [-0.3, -0.25) is 0 Å². The Hall–Kier alpha value is -0.373. The first-order chi connectivity index (χ1) is 14.7. The molecule has 0 aliphatic heterocycles. The van der Waals surface area contributed by atoms with E-state index in [1.165, 1.54) is 44.9 Å². The van der Waals surface area contributed by atoms with Gasteiger partial charge in [0.05, 0.1) is 12.2 Å². The van der Waals surface area contributed by atoms with Gasteiger partial charge in [0.2, 0.25) is 0 Å². The molecule has 0 heterocycles. The summed E-state index contributed by atoms with van der Waals surface area (Å²) in [6.45, 7) is 18.9. The SMILES string of the molecule is C[C@H](C#N)[C@H]1[C@@H](O)C[C@H]2[C@@H]3CC[C@H]4C[C@@H](O[Si](C)(C)C(C)(C)C)CC[C@]4(C)[C@H]3CC[C@]12C. The number of aliphatic hydroxyl groups excluding tert-OH is 1. The van der Waals surface area contributed by atoms with Crippen LogP contribution in [0.25, 0.3) is 0 Å². The van der Waals surface area contributed by atoms with E-state index in [2.05, 4.69) is 53.8 Å². The largest absolute Gasteiger partial charge is 0.414 e. The normalized spacial score (nSPS) is 47.7. The minimum Gasteiger partial charge on any atom is -0.414 e. The lowest BCUT2D eigenvalue weighted by molar-refractivity contribution is -0.127. The van der Waals surface area contributed by atoms with Crippen LogP contribution in [-0.2, 0) is 4.43 Å². The van der Waals surface area contributed by atoms with Crippen LogP contribution in [0.1, 0.15) is 92.9 Å². The maximum absolute atomic E-state index is 11.0. The van der Waals surface area contributed by atoms with E-state index in [9.17, 15) is 10.4 Å². The zero-order chi connectivity index (χ0) is 23.7. The van der Waals surface area contributed by atoms with Gasteiger partial charge in [-0.1, -0.05) is 34.6 Å². The number of fused-ring (bicyclic) bond motifs is 5. The summed E-state index contributed by atoms with van der Waals surface area (Å²) in [5.41, 5.74) is 0.572. The van der Waals surface area contributed by atoms with E-state index in [0.29, 0.717) is 17.4 Å². The lowest BCUT2D eigenvalue weighted by Crippen LogP contribution is -2.55. The molecule has 0 aromatic carbocycles. The zero-order valence-corrected chi connectivity index (χ0v) is 23.1. The smallest absolute Gasteiger partial charge is 0.192 e. The molecule has 0 aromatic heterocycles. The van der Waals surface area contributed by atoms with Gasteiger partial charge in [0.1, 0.15) is 0 Å². The van der Waals surface area contributed by atoms with Crippen molar-refractivity contribution in [2.24, 2.45) is 46.3 Å². The molecule has 0 unspecified atom stereocenters. The molecule has 3 nitrogen and oxygen atoms in total. The molecule has 4 saturated carbocycles. The summed E-state index contributed by atoms with van der Waals surface area (Å²) < 4.78 is 6.90. The predicted octanol–water partition coefficient (Wildman–Crippen LogP) is 7.17. The summed E-state index contributed by atoms with van der Waals surface area (Å²) in [5.74, 6) is 3.01. The summed E-state index contributed by atoms with van der Waals surface area (Å²) in [6.07, 6.45) is 10.00. The molecule has 4 fully saturated rings. The maximum Gasteiger partial charge on any atom is 0.192 e. The van der Waals surface area contributed by atoms with Gasteiger partial charge in [-0.05, 0) is 111 Å². The van der Waals surface area contributed by atoms with Crippen LogP contribution in [0.3, 0.4) is 0 Å². The number of nitriles is 1. The standard InChI is InChI=1S/C28H49NO2Si/c1-18(17-29)25-24(30)16-23-21-10-9-19-15-20(31-32(7,8)26(2,3)4)11-13-27(19,5)22(21)12-14-28(23,25)6/h18-25,30H,9-16H2,1-8H3/t18-,19+,20+,21-,22+,23+,24+,25+,27+,28+/m1/s1. The Kier molecular flexibility index (Phi) is 6.26. The second kappa shape index (κ2) is 8.10. The highest BCUT2D eigenvalue weighted by Gasteiger charge is 2.63. The van der Waals surface area contributed by atoms with Crippen molar-refractivity contribution < 1.29 is 9.53 Å². The van der Waals surface area contributed by atoms with E-state index in [1.54, 1.807) is 0 Å². The fraction of sp³-hybridized carbons (Fsp3) is 0.964. The molecule has 182 valence electrons. The van der Waals surface area contributed by atoms with Crippen LogP contribution in [0.5, 0.6) is 0 Å². The molecule has 4 aliphatic rings. The molecule has 4 aliphatic carbocycles. The molecule has 0 radical (unpaired) electrons. The molecular weight excluding hydrogens is 410 g/mol. The van der Waals surface area contributed by atoms with Crippen molar-refractivity contribution in [3.05, 3.63) is 0 Å². The number of nitrogens with zero attached hydrogens (tertiary/aromatic N) is 1. The summed E-state index contributed by atoms with van der Waals surface area (Å²) in [5, 5.41) is 20.9. The summed E-state index contributed by atoms with van der Waals surface area (Å²) in [6, 6.07) is 2.48. The fourth-order valence-electron chi connectivity index (χ4n) is 8.96. The van der Waals surface area contributed by atoms with Crippen LogP contribution in [-0.4, -0.2) is 25.6 Å². The summed E-state index contributed by atoms with van der Waals surface area (Å²) in [4.78, 5) is 0. The Morgan fingerprint density at radius 1 is 1.00 bits per heavy atom. The molecule has 10 atom stereocenters. The zero-order valence-electron chi connectivity index (χ0n) is 22.1. The van der Waals surface area contributed by atoms with Gasteiger partial charge in [-0.2, -0.15) is 5.26 Å². The van der Waals surface area contributed by atoms with E-state index in [0.717, 1.165) is 24.2 Å². The Morgan fingerprint density at radius 3 is 2.28 bits per heavy atom. The van der Waals surface area contributed by atoms with Crippen molar-refractivity contribution in [2.45, 2.75) is 123 Å². The van der Waals surface area contributed by atoms with Crippen molar-refractivity contribution >= 4 is 8.32 Å². The maximum atomic E-state index is 11.0. The third-order valence-electron chi connectivity index (χ3n) is 11.7. The van der Waals surface area contributed by atoms with Crippen LogP contribution in [0, 0.1) is 57.7 Å². The third-order valence-corrected chi connectivity index (χ3v) is 16.3. The molecule has 0 saturated heterocycles. The minimum absolute atomic E-state index is 0.0496. The number of hydrogen-bond donors (Lipinski definition) is 1. The van der Waals surface area contributed by atoms with Gasteiger partial charge >= 0.3 is 0 Å². The van der Waals surface area contributed by atoms with Crippen LogP contribution in [0.15, 0.2) is 0 Å². The Morgan fingerprint density at radius 2 is 1.66 bits per heavy atom. The Balaban J connectivity index is 1.50. The third kappa shape index (κ3) is 3.73. The molecule has 0 spiro atoms. The minimum atomic E-state index is -1.72. The molecule has 32 heavy (non-hydrogen) atoms. The average Bonchev–Trinajstić information content (AvgIpc) is 2.96. The number of aliphatic hydroxyl groups is 1. The first kappa shape index (κ1) is 24.7. The summed E-state index contributed by atoms with van der Waals surface area (Å²) >= 11 is 0. The average molecular weight is 460 g/mol. The summed E-state index contributed by atoms with van der Waals surface area (Å²) in [7, 11) is -1.72. The van der Waals surface area contributed by atoms with Crippen molar-refractivity contribution in [3.8, 4) is 6.07 Å². The molecule has 0 bridgehead atoms. The molecule has 4 heteroatoms. The highest BCUT2D eigenvalue weighted by molar-refractivity contribution is 6.74. The first-order valence-corrected chi connectivity index (χ1v) is 16.4. The van der Waals surface area contributed by atoms with Crippen molar-refractivity contribution in [2.75, 3.05) is 0 Å². The van der Waals surface area contributed by atoms with Crippen LogP contribution < -0.4 is 0 Å². The van der Waals surface area contributed by atoms with E-state index >= 15 is 0 Å². The van der Waals surface area contributed by atoms with Crippen LogP contribution in [0.2, 0.25) is 18.1 Å². The topological polar surface area (TPSA) is 53.2 Å². The highest BCUT2D eigenvalue weighted by Crippen LogP contribution is 2.68. The lowest BCUT2D eigenvalue weighted by Gasteiger charge is -2.61. The highest BCUT2D eigenvalue weighted by atomic mass is 28.4. The van der Waals surface area contributed by atoms with Crippen LogP contribution in [0.4, 0.5) is 0 Å². The van der Waals surface area contributed by atoms with E-state index in [4.69, 9.17) is 4.43 Å². The van der Waals surface area contributed by atoms with Gasteiger partial charge in [0.15, 0.2) is 8.32 Å². The second-order valence-corrected chi connectivity index (χ2v) is 19.0. The predicted molar refractivity (Wildman–Crippen MR) is 133 cm³/mol. The molecule has 0 amide bonds. The first-order valence-electron chi connectivity index (χ1n) is 13.5. The van der Waals surface area contributed by atoms with Crippen molar-refractivity contribution in [1.29, 1.82) is 5.26 Å². The van der Waals surface area contributed by atoms with Gasteiger partial charge in [-0.25, -0.2) is 0 Å². The fourth-order valence-corrected chi connectivity index (χ4v) is 10.4. The van der Waals surface area contributed by atoms with Crippen molar-refractivity contribution in [3.63, 3.8) is 0 Å². The molecule has 4 rings (SSSR count). The molecule has 1 N–H and O–H groups in total. The Labute approximate surface area is 198 Å². The Bertz CT molecular complexity index is 754. The van der Waals surface area contributed by atoms with E-state index in [1.807, 2.05) is 6.92 Å². The van der Waals surface area contributed by atoms with E-state index in [-0.39, 0.29) is 28.4 Å². The van der Waals surface area contributed by atoms with Crippen LogP contribution >= 0.6 is 0 Å². The molecular formula is C28H49NO2Si. The quantitative estimate of drug-likeness (QED) is 0.455. The van der Waals surface area contributed by atoms with Crippen molar-refractivity contribution in [1.82, 2.24) is 0 Å². The lowest BCUT2D eigenvalue weighted by atomic mass is 9.44. The monoisotopic (exact) mass is 459 g/mol. The van der Waals surface area contributed by atoms with Gasteiger partial charge in [-0.15, -0.1) is 0 Å². The number of rotatable bonds is 3. The van der Waals surface area contributed by atoms with Gasteiger partial charge in [0.25, 0.3) is 0 Å². The van der Waals surface area contributed by atoms with E-state index < -0.39 is 8.32 Å². The van der Waals surface area contributed by atoms with Gasteiger partial charge in [0, 0.05) is 17.9 Å². The number of hydrogen-bond acceptors (Lipinski definition) is 3. The second-order valence-electron chi connectivity index (χ2n) is 14.2.